The highest BCUT2D eigenvalue weighted by atomic mass is 16.1. The summed E-state index contributed by atoms with van der Waals surface area (Å²) in [5.41, 5.74) is 3.48. The molecule has 0 spiro atoms. The number of carbonyl (C=O) groups excluding carboxylic acids is 1. The molecule has 0 unspecified atom stereocenters. The molecule has 3 aromatic heterocycles. The maximum Gasteiger partial charge on any atom is 0.276 e. The number of hydrogen-bond donors (Lipinski definition) is 2. The maximum atomic E-state index is 12.5. The Morgan fingerprint density at radius 2 is 2.00 bits per heavy atom. The summed E-state index contributed by atoms with van der Waals surface area (Å²) in [4.78, 5) is 21.5. The Labute approximate surface area is 180 Å². The third kappa shape index (κ3) is 4.55. The van der Waals surface area contributed by atoms with Gasteiger partial charge in [0.25, 0.3) is 5.91 Å². The molecule has 0 saturated heterocycles. The number of aryl methyl sites for hydroxylation is 1. The Kier molecular flexibility index (Phi) is 5.66. The van der Waals surface area contributed by atoms with Gasteiger partial charge in [0.15, 0.2) is 5.69 Å². The Morgan fingerprint density at radius 1 is 1.16 bits per heavy atom. The van der Waals surface area contributed by atoms with Crippen molar-refractivity contribution in [3.63, 3.8) is 0 Å². The van der Waals surface area contributed by atoms with Gasteiger partial charge in [0.2, 0.25) is 5.65 Å². The first-order valence-corrected chi connectivity index (χ1v) is 10.4. The van der Waals surface area contributed by atoms with Gasteiger partial charge >= 0.3 is 0 Å². The van der Waals surface area contributed by atoms with Crippen LogP contribution >= 0.6 is 0 Å². The van der Waals surface area contributed by atoms with Gasteiger partial charge in [0.05, 0.1) is 18.4 Å². The monoisotopic (exact) mass is 418 g/mol. The molecular weight excluding hydrogens is 392 g/mol. The molecule has 0 bridgehead atoms. The molecule has 1 aromatic carbocycles. The number of nitrogens with zero attached hydrogens (tertiary/aromatic N) is 6. The predicted octanol–water partition coefficient (Wildman–Crippen LogP) is 4.05. The molecule has 2 N–H and O–H groups in total. The molecule has 31 heavy (non-hydrogen) atoms. The molecule has 3 heterocycles. The largest absolute Gasteiger partial charge is 0.362 e. The van der Waals surface area contributed by atoms with E-state index in [0.29, 0.717) is 22.8 Å². The lowest BCUT2D eigenvalue weighted by Crippen LogP contribution is -2.14. The summed E-state index contributed by atoms with van der Waals surface area (Å²) in [6.07, 6.45) is 5.40. The van der Waals surface area contributed by atoms with Crippen molar-refractivity contribution in [3.05, 3.63) is 60.2 Å². The van der Waals surface area contributed by atoms with E-state index in [-0.39, 0.29) is 18.0 Å². The number of fused-ring (bicyclic) bond motifs is 1. The normalized spacial score (nSPS) is 12.3. The number of amides is 1. The highest BCUT2D eigenvalue weighted by Gasteiger charge is 2.13. The van der Waals surface area contributed by atoms with Gasteiger partial charge in [0.1, 0.15) is 11.3 Å². The van der Waals surface area contributed by atoms with Crippen LogP contribution in [0.5, 0.6) is 0 Å². The quantitative estimate of drug-likeness (QED) is 0.469. The topological polar surface area (TPSA) is 103 Å². The Balaban J connectivity index is 1.46. The minimum absolute atomic E-state index is 0.0444. The number of nitrogens with one attached hydrogen (secondary N) is 2. The van der Waals surface area contributed by atoms with E-state index >= 15 is 0 Å². The van der Waals surface area contributed by atoms with Crippen molar-refractivity contribution in [1.82, 2.24) is 29.5 Å². The van der Waals surface area contributed by atoms with Crippen LogP contribution in [0.2, 0.25) is 0 Å². The zero-order chi connectivity index (χ0) is 22.0. The van der Waals surface area contributed by atoms with Crippen molar-refractivity contribution < 1.29 is 4.79 Å². The van der Waals surface area contributed by atoms with E-state index < -0.39 is 0 Å². The minimum atomic E-state index is -0.236. The molecular formula is C22H26N8O. The lowest BCUT2D eigenvalue weighted by molar-refractivity contribution is 0.102. The summed E-state index contributed by atoms with van der Waals surface area (Å²) in [6, 6.07) is 9.58. The minimum Gasteiger partial charge on any atom is -0.362 e. The Hall–Kier alpha value is -3.75. The van der Waals surface area contributed by atoms with Gasteiger partial charge in [-0.25, -0.2) is 9.97 Å². The van der Waals surface area contributed by atoms with Gasteiger partial charge in [-0.3, -0.25) is 14.2 Å². The van der Waals surface area contributed by atoms with Crippen molar-refractivity contribution in [1.29, 1.82) is 0 Å². The maximum absolute atomic E-state index is 12.5. The molecule has 0 fully saturated rings. The third-order valence-electron chi connectivity index (χ3n) is 4.98. The summed E-state index contributed by atoms with van der Waals surface area (Å²) < 4.78 is 3.58. The zero-order valence-corrected chi connectivity index (χ0v) is 18.1. The van der Waals surface area contributed by atoms with Crippen LogP contribution < -0.4 is 10.6 Å². The Morgan fingerprint density at radius 3 is 2.74 bits per heavy atom. The van der Waals surface area contributed by atoms with Gasteiger partial charge in [-0.05, 0) is 51.5 Å². The molecule has 0 radical (unpaired) electrons. The summed E-state index contributed by atoms with van der Waals surface area (Å²) in [5.74, 6) is 0.412. The van der Waals surface area contributed by atoms with Crippen LogP contribution in [0.1, 0.15) is 55.8 Å². The van der Waals surface area contributed by atoms with Crippen molar-refractivity contribution >= 4 is 28.6 Å². The molecule has 4 rings (SSSR count). The van der Waals surface area contributed by atoms with Crippen molar-refractivity contribution in [2.24, 2.45) is 0 Å². The fourth-order valence-electron chi connectivity index (χ4n) is 3.21. The van der Waals surface area contributed by atoms with Crippen LogP contribution in [0.4, 0.5) is 11.5 Å². The van der Waals surface area contributed by atoms with Crippen LogP contribution in [0, 0.1) is 0 Å². The fourth-order valence-corrected chi connectivity index (χ4v) is 3.21. The number of rotatable bonds is 7. The molecule has 9 heteroatoms. The van der Waals surface area contributed by atoms with Crippen molar-refractivity contribution in [2.75, 3.05) is 10.6 Å². The highest BCUT2D eigenvalue weighted by Crippen LogP contribution is 2.22. The summed E-state index contributed by atoms with van der Waals surface area (Å²) in [5, 5.41) is 15.0. The van der Waals surface area contributed by atoms with E-state index in [0.717, 1.165) is 17.6 Å². The summed E-state index contributed by atoms with van der Waals surface area (Å²) in [6.45, 7) is 8.86. The van der Waals surface area contributed by atoms with Crippen LogP contribution in [0.25, 0.3) is 11.2 Å². The number of anilines is 2. The third-order valence-corrected chi connectivity index (χ3v) is 4.98. The molecule has 0 aliphatic heterocycles. The second-order valence-corrected chi connectivity index (χ2v) is 7.67. The SMILES string of the molecule is CCn1cc2ncc(N[C@@H](C)c3cccc(NC(=O)c4ccn(C(C)C)n4)c3)nc2n1. The van der Waals surface area contributed by atoms with E-state index in [2.05, 4.69) is 30.8 Å². The second kappa shape index (κ2) is 8.55. The average molecular weight is 419 g/mol. The second-order valence-electron chi connectivity index (χ2n) is 7.67. The van der Waals surface area contributed by atoms with E-state index in [9.17, 15) is 4.79 Å². The van der Waals surface area contributed by atoms with Crippen LogP contribution in [0.3, 0.4) is 0 Å². The smallest absolute Gasteiger partial charge is 0.276 e. The first-order chi connectivity index (χ1) is 14.9. The lowest BCUT2D eigenvalue weighted by atomic mass is 10.1. The molecule has 1 atom stereocenters. The molecule has 9 nitrogen and oxygen atoms in total. The van der Waals surface area contributed by atoms with Crippen LogP contribution in [-0.4, -0.2) is 35.4 Å². The number of hydrogen-bond acceptors (Lipinski definition) is 6. The Bertz CT molecular complexity index is 1210. The van der Waals surface area contributed by atoms with Gasteiger partial charge in [0, 0.05) is 24.5 Å². The van der Waals surface area contributed by atoms with Gasteiger partial charge in [-0.15, -0.1) is 0 Å². The predicted molar refractivity (Wildman–Crippen MR) is 120 cm³/mol. The molecule has 0 aliphatic rings. The zero-order valence-electron chi connectivity index (χ0n) is 18.1. The van der Waals surface area contributed by atoms with Gasteiger partial charge in [-0.2, -0.15) is 10.2 Å². The molecule has 0 saturated carbocycles. The van der Waals surface area contributed by atoms with E-state index in [4.69, 9.17) is 0 Å². The van der Waals surface area contributed by atoms with Gasteiger partial charge < -0.3 is 10.6 Å². The number of benzene rings is 1. The van der Waals surface area contributed by atoms with Crippen LogP contribution in [0.15, 0.2) is 48.9 Å². The van der Waals surface area contributed by atoms with E-state index in [1.807, 2.05) is 69.0 Å². The fraction of sp³-hybridized carbons (Fsp3) is 0.318. The first-order valence-electron chi connectivity index (χ1n) is 10.4. The van der Waals surface area contributed by atoms with E-state index in [1.54, 1.807) is 16.9 Å². The summed E-state index contributed by atoms with van der Waals surface area (Å²) in [7, 11) is 0. The van der Waals surface area contributed by atoms with E-state index in [1.165, 1.54) is 0 Å². The van der Waals surface area contributed by atoms with Crippen molar-refractivity contribution in [3.8, 4) is 0 Å². The van der Waals surface area contributed by atoms with Crippen molar-refractivity contribution in [2.45, 2.75) is 46.3 Å². The molecule has 1 amide bonds. The average Bonchev–Trinajstić information content (AvgIpc) is 3.41. The van der Waals surface area contributed by atoms with Gasteiger partial charge in [-0.1, -0.05) is 12.1 Å². The summed E-state index contributed by atoms with van der Waals surface area (Å²) >= 11 is 0. The molecule has 0 aliphatic carbocycles. The molecule has 4 aromatic rings. The standard InChI is InChI=1S/C22H26N8O/c1-5-29-13-19-21(28-29)26-20(12-23-19)24-15(4)16-7-6-8-17(11-16)25-22(31)18-9-10-30(27-18)14(2)3/h6-15H,5H2,1-4H3,(H,25,31)(H,24,26,28)/t15-/m0/s1. The number of aromatic nitrogens is 6. The lowest BCUT2D eigenvalue weighted by Gasteiger charge is -2.16. The molecule has 160 valence electrons. The first kappa shape index (κ1) is 20.5. The highest BCUT2D eigenvalue weighted by molar-refractivity contribution is 6.02. The number of carbonyl (C=O) groups is 1. The van der Waals surface area contributed by atoms with Crippen LogP contribution in [-0.2, 0) is 6.54 Å².